The zero-order valence-corrected chi connectivity index (χ0v) is 14.0. The minimum absolute atomic E-state index is 0.0141. The molecule has 1 heterocycles. The molecule has 1 aliphatic rings. The number of para-hydroxylation sites is 1. The monoisotopic (exact) mass is 331 g/mol. The van der Waals surface area contributed by atoms with Crippen LogP contribution in [0, 0.1) is 6.92 Å². The molecule has 0 bridgehead atoms. The molecule has 1 atom stereocenters. The fourth-order valence-electron chi connectivity index (χ4n) is 3.03. The summed E-state index contributed by atoms with van der Waals surface area (Å²) in [5.41, 5.74) is 3.96. The summed E-state index contributed by atoms with van der Waals surface area (Å²) in [7, 11) is 3.12. The van der Waals surface area contributed by atoms with Gasteiger partial charge in [-0.15, -0.1) is 0 Å². The van der Waals surface area contributed by atoms with Crippen LogP contribution in [0.2, 0.25) is 5.02 Å². The zero-order valence-electron chi connectivity index (χ0n) is 13.3. The van der Waals surface area contributed by atoms with Crippen LogP contribution in [0.1, 0.15) is 22.6 Å². The van der Waals surface area contributed by atoms with E-state index in [1.807, 2.05) is 37.3 Å². The number of hydrogen-bond donors (Lipinski definition) is 1. The fourth-order valence-corrected chi connectivity index (χ4v) is 3.34. The number of nitrogens with one attached hydrogen (secondary N) is 1. The van der Waals surface area contributed by atoms with Gasteiger partial charge in [0.1, 0.15) is 0 Å². The van der Waals surface area contributed by atoms with Crippen molar-refractivity contribution in [1.29, 1.82) is 0 Å². The summed E-state index contributed by atoms with van der Waals surface area (Å²) in [6, 6.07) is 9.65. The van der Waals surface area contributed by atoms with Crippen LogP contribution in [0.5, 0.6) is 11.5 Å². The summed E-state index contributed by atoms with van der Waals surface area (Å²) in [6.45, 7) is 1.99. The average Bonchev–Trinajstić information content (AvgIpc) is 2.84. The second-order valence-corrected chi connectivity index (χ2v) is 6.01. The molecule has 0 fully saturated rings. The molecule has 2 aromatic rings. The lowest BCUT2D eigenvalue weighted by atomic mass is 9.92. The van der Waals surface area contributed by atoms with Crippen LogP contribution in [-0.4, -0.2) is 20.1 Å². The highest BCUT2D eigenvalue weighted by molar-refractivity contribution is 6.32. The van der Waals surface area contributed by atoms with Gasteiger partial charge in [-0.05, 0) is 42.2 Å². The van der Waals surface area contributed by atoms with Crippen LogP contribution < -0.4 is 14.8 Å². The van der Waals surface area contributed by atoms with Crippen LogP contribution in [-0.2, 0) is 11.2 Å². The van der Waals surface area contributed by atoms with Crippen LogP contribution in [0.25, 0.3) is 0 Å². The lowest BCUT2D eigenvalue weighted by Gasteiger charge is -2.14. The van der Waals surface area contributed by atoms with Crippen molar-refractivity contribution in [2.75, 3.05) is 19.5 Å². The fraction of sp³-hybridized carbons (Fsp3) is 0.278. The number of fused-ring (bicyclic) bond motifs is 1. The van der Waals surface area contributed by atoms with E-state index in [1.165, 1.54) is 0 Å². The van der Waals surface area contributed by atoms with Crippen molar-refractivity contribution in [1.82, 2.24) is 0 Å². The predicted octanol–water partition coefficient (Wildman–Crippen LogP) is 3.94. The molecule has 0 saturated carbocycles. The first kappa shape index (κ1) is 15.7. The molecule has 0 saturated heterocycles. The Bertz CT molecular complexity index is 773. The molecular weight excluding hydrogens is 314 g/mol. The van der Waals surface area contributed by atoms with Crippen LogP contribution in [0.4, 0.5) is 5.69 Å². The highest BCUT2D eigenvalue weighted by Gasteiger charge is 2.31. The van der Waals surface area contributed by atoms with E-state index in [9.17, 15) is 4.79 Å². The van der Waals surface area contributed by atoms with E-state index < -0.39 is 0 Å². The van der Waals surface area contributed by atoms with Crippen LogP contribution >= 0.6 is 11.6 Å². The predicted molar refractivity (Wildman–Crippen MR) is 90.8 cm³/mol. The number of methoxy groups -OCH3 is 2. The van der Waals surface area contributed by atoms with Gasteiger partial charge in [0.2, 0.25) is 5.91 Å². The lowest BCUT2D eigenvalue weighted by Crippen LogP contribution is -2.14. The van der Waals surface area contributed by atoms with Crippen molar-refractivity contribution in [3.63, 3.8) is 0 Å². The number of aryl methyl sites for hydroxylation is 1. The van der Waals surface area contributed by atoms with E-state index >= 15 is 0 Å². The summed E-state index contributed by atoms with van der Waals surface area (Å²) >= 11 is 6.26. The number of rotatable bonds is 4. The van der Waals surface area contributed by atoms with Gasteiger partial charge in [-0.25, -0.2) is 0 Å². The maximum Gasteiger partial charge on any atom is 0.232 e. The molecule has 1 aliphatic heterocycles. The SMILES string of the molecule is COc1cc(CC2C(=O)Nc3c(C)cccc32)cc(Cl)c1OC. The number of hydrogen-bond acceptors (Lipinski definition) is 3. The summed E-state index contributed by atoms with van der Waals surface area (Å²) in [6.07, 6.45) is 0.558. The van der Waals surface area contributed by atoms with E-state index in [4.69, 9.17) is 21.1 Å². The molecule has 0 spiro atoms. The van der Waals surface area contributed by atoms with Crippen molar-refractivity contribution in [2.24, 2.45) is 0 Å². The molecule has 1 amide bonds. The topological polar surface area (TPSA) is 47.6 Å². The van der Waals surface area contributed by atoms with Crippen molar-refractivity contribution >= 4 is 23.2 Å². The lowest BCUT2D eigenvalue weighted by molar-refractivity contribution is -0.117. The Kier molecular flexibility index (Phi) is 4.18. The number of halogens is 1. The standard InChI is InChI=1S/C18H18ClNO3/c1-10-5-4-6-12-13(18(21)20-16(10)12)7-11-8-14(19)17(23-3)15(9-11)22-2/h4-6,8-9,13H,7H2,1-3H3,(H,20,21). The number of carbonyl (C=O) groups excluding carboxylic acids is 1. The Hall–Kier alpha value is -2.20. The summed E-state index contributed by atoms with van der Waals surface area (Å²) in [5.74, 6) is 0.863. The van der Waals surface area contributed by atoms with Crippen LogP contribution in [0.15, 0.2) is 30.3 Å². The summed E-state index contributed by atoms with van der Waals surface area (Å²) < 4.78 is 10.6. The van der Waals surface area contributed by atoms with E-state index in [-0.39, 0.29) is 11.8 Å². The Morgan fingerprint density at radius 1 is 1.22 bits per heavy atom. The van der Waals surface area contributed by atoms with Crippen molar-refractivity contribution in [2.45, 2.75) is 19.3 Å². The van der Waals surface area contributed by atoms with Gasteiger partial charge in [-0.2, -0.15) is 0 Å². The molecule has 3 rings (SSSR count). The highest BCUT2D eigenvalue weighted by Crippen LogP contribution is 2.40. The Morgan fingerprint density at radius 2 is 2.00 bits per heavy atom. The van der Waals surface area contributed by atoms with E-state index in [0.717, 1.165) is 22.4 Å². The highest BCUT2D eigenvalue weighted by atomic mass is 35.5. The van der Waals surface area contributed by atoms with E-state index in [0.29, 0.717) is 22.9 Å². The second-order valence-electron chi connectivity index (χ2n) is 5.60. The number of carbonyl (C=O) groups is 1. The minimum Gasteiger partial charge on any atom is -0.493 e. The third kappa shape index (κ3) is 2.75. The molecule has 1 unspecified atom stereocenters. The Labute approximate surface area is 140 Å². The molecule has 23 heavy (non-hydrogen) atoms. The molecule has 0 radical (unpaired) electrons. The van der Waals surface area contributed by atoms with E-state index in [1.54, 1.807) is 14.2 Å². The smallest absolute Gasteiger partial charge is 0.232 e. The maximum atomic E-state index is 12.4. The molecule has 1 N–H and O–H groups in total. The molecule has 0 aromatic heterocycles. The number of ether oxygens (including phenoxy) is 2. The van der Waals surface area contributed by atoms with Crippen molar-refractivity contribution in [3.8, 4) is 11.5 Å². The number of amides is 1. The normalized spacial score (nSPS) is 16.0. The average molecular weight is 332 g/mol. The molecule has 4 nitrogen and oxygen atoms in total. The van der Waals surface area contributed by atoms with E-state index in [2.05, 4.69) is 5.32 Å². The number of anilines is 1. The quantitative estimate of drug-likeness (QED) is 0.923. The second kappa shape index (κ2) is 6.13. The molecule has 0 aliphatic carbocycles. The molecule has 2 aromatic carbocycles. The van der Waals surface area contributed by atoms with Gasteiger partial charge in [0.15, 0.2) is 11.5 Å². The van der Waals surface area contributed by atoms with Gasteiger partial charge in [0, 0.05) is 5.69 Å². The van der Waals surface area contributed by atoms with Gasteiger partial charge in [-0.1, -0.05) is 29.8 Å². The molecule has 120 valence electrons. The Balaban J connectivity index is 1.96. The first-order chi connectivity index (χ1) is 11.0. The maximum absolute atomic E-state index is 12.4. The largest absolute Gasteiger partial charge is 0.493 e. The van der Waals surface area contributed by atoms with Crippen molar-refractivity contribution < 1.29 is 14.3 Å². The minimum atomic E-state index is -0.223. The van der Waals surface area contributed by atoms with Gasteiger partial charge in [0.25, 0.3) is 0 Å². The summed E-state index contributed by atoms with van der Waals surface area (Å²) in [4.78, 5) is 12.4. The third-order valence-corrected chi connectivity index (χ3v) is 4.46. The summed E-state index contributed by atoms with van der Waals surface area (Å²) in [5, 5.41) is 3.45. The Morgan fingerprint density at radius 3 is 2.70 bits per heavy atom. The first-order valence-corrected chi connectivity index (χ1v) is 7.73. The third-order valence-electron chi connectivity index (χ3n) is 4.18. The molecular formula is C18H18ClNO3. The number of benzene rings is 2. The van der Waals surface area contributed by atoms with Gasteiger partial charge < -0.3 is 14.8 Å². The first-order valence-electron chi connectivity index (χ1n) is 7.36. The van der Waals surface area contributed by atoms with Crippen LogP contribution in [0.3, 0.4) is 0 Å². The molecule has 5 heteroatoms. The van der Waals surface area contributed by atoms with Gasteiger partial charge >= 0.3 is 0 Å². The van der Waals surface area contributed by atoms with Gasteiger partial charge in [-0.3, -0.25) is 4.79 Å². The zero-order chi connectivity index (χ0) is 16.6. The van der Waals surface area contributed by atoms with Gasteiger partial charge in [0.05, 0.1) is 25.2 Å². The van der Waals surface area contributed by atoms with Crippen molar-refractivity contribution in [3.05, 3.63) is 52.0 Å².